The van der Waals surface area contributed by atoms with Crippen molar-refractivity contribution in [1.82, 2.24) is 4.90 Å². The number of unbranched alkanes of at least 4 members (excludes halogenated alkanes) is 9. The monoisotopic (exact) mass is 365 g/mol. The van der Waals surface area contributed by atoms with Gasteiger partial charge < -0.3 is 9.64 Å². The summed E-state index contributed by atoms with van der Waals surface area (Å²) in [5.74, 6) is -0.0501. The smallest absolute Gasteiger partial charge is 0.333 e. The van der Waals surface area contributed by atoms with E-state index in [1.165, 1.54) is 57.8 Å². The summed E-state index contributed by atoms with van der Waals surface area (Å²) in [5.41, 5.74) is 0.488. The van der Waals surface area contributed by atoms with Crippen molar-refractivity contribution in [3.8, 4) is 0 Å². The molecule has 1 rings (SSSR count). The Balaban J connectivity index is 0.000000642. The number of carbonyl (C=O) groups is 2. The van der Waals surface area contributed by atoms with Crippen molar-refractivity contribution in [2.24, 2.45) is 0 Å². The van der Waals surface area contributed by atoms with E-state index >= 15 is 0 Å². The molecule has 0 aromatic carbocycles. The van der Waals surface area contributed by atoms with Gasteiger partial charge in [0.15, 0.2) is 0 Å². The molecule has 0 saturated carbocycles. The zero-order chi connectivity index (χ0) is 19.6. The van der Waals surface area contributed by atoms with Gasteiger partial charge in [0.1, 0.15) is 0 Å². The van der Waals surface area contributed by atoms with Crippen molar-refractivity contribution in [2.75, 3.05) is 13.2 Å². The molecule has 0 radical (unpaired) electrons. The van der Waals surface area contributed by atoms with Crippen molar-refractivity contribution in [1.29, 1.82) is 0 Å². The van der Waals surface area contributed by atoms with E-state index in [1.807, 2.05) is 0 Å². The summed E-state index contributed by atoms with van der Waals surface area (Å²) in [4.78, 5) is 23.4. The largest absolute Gasteiger partial charge is 0.462 e. The van der Waals surface area contributed by atoms with E-state index in [9.17, 15) is 9.59 Å². The second-order valence-electron chi connectivity index (χ2n) is 6.97. The summed E-state index contributed by atoms with van der Waals surface area (Å²) in [5, 5.41) is 0. The van der Waals surface area contributed by atoms with Crippen molar-refractivity contribution in [3.05, 3.63) is 24.9 Å². The zero-order valence-corrected chi connectivity index (χ0v) is 17.1. The molecule has 1 fully saturated rings. The van der Waals surface area contributed by atoms with Crippen molar-refractivity contribution >= 4 is 11.9 Å². The minimum Gasteiger partial charge on any atom is -0.462 e. The Kier molecular flexibility index (Phi) is 15.8. The fraction of sp³-hybridized carbons (Fsp3) is 0.727. The lowest BCUT2D eigenvalue weighted by molar-refractivity contribution is -0.139. The zero-order valence-electron chi connectivity index (χ0n) is 17.1. The average Bonchev–Trinajstić information content (AvgIpc) is 3.05. The molecule has 0 aliphatic carbocycles. The predicted molar refractivity (Wildman–Crippen MR) is 109 cm³/mol. The van der Waals surface area contributed by atoms with Crippen LogP contribution in [-0.2, 0) is 14.3 Å². The minimum atomic E-state index is -0.258. The molecule has 0 unspecified atom stereocenters. The van der Waals surface area contributed by atoms with Gasteiger partial charge in [-0.05, 0) is 26.0 Å². The van der Waals surface area contributed by atoms with Crippen LogP contribution in [0, 0.1) is 0 Å². The number of carbonyl (C=O) groups excluding carboxylic acids is 2. The Morgan fingerprint density at radius 1 is 1.08 bits per heavy atom. The Labute approximate surface area is 160 Å². The summed E-state index contributed by atoms with van der Waals surface area (Å²) in [7, 11) is 0. The van der Waals surface area contributed by atoms with Crippen LogP contribution in [0.2, 0.25) is 0 Å². The molecule has 0 atom stereocenters. The molecule has 1 heterocycles. The van der Waals surface area contributed by atoms with Gasteiger partial charge in [0.05, 0.1) is 6.61 Å². The number of nitrogens with zero attached hydrogens (tertiary/aromatic N) is 1. The van der Waals surface area contributed by atoms with Gasteiger partial charge in [0.25, 0.3) is 0 Å². The number of hydrogen-bond donors (Lipinski definition) is 0. The van der Waals surface area contributed by atoms with E-state index in [-0.39, 0.29) is 11.9 Å². The number of rotatable bonds is 13. The van der Waals surface area contributed by atoms with Crippen molar-refractivity contribution in [2.45, 2.75) is 90.9 Å². The summed E-state index contributed by atoms with van der Waals surface area (Å²) >= 11 is 0. The number of likely N-dealkylation sites (tertiary alicyclic amines) is 1. The Morgan fingerprint density at radius 3 is 2.00 bits per heavy atom. The second-order valence-corrected chi connectivity index (χ2v) is 6.97. The van der Waals surface area contributed by atoms with Crippen LogP contribution in [0.3, 0.4) is 0 Å². The van der Waals surface area contributed by atoms with E-state index in [0.717, 1.165) is 19.4 Å². The van der Waals surface area contributed by atoms with Gasteiger partial charge in [0.2, 0.25) is 5.91 Å². The third kappa shape index (κ3) is 13.7. The Hall–Kier alpha value is -1.58. The first-order valence-electron chi connectivity index (χ1n) is 10.3. The standard InChI is InChI=1S/C16H30O2.C6H9NO/c1-4-5-6-7-8-9-10-11-12-13-14-18-16(17)15(2)3;1-2-7-5-3-4-6(7)8/h2,4-14H2,1,3H3;2H,1,3-5H2. The molecule has 1 saturated heterocycles. The van der Waals surface area contributed by atoms with Crippen molar-refractivity contribution in [3.63, 3.8) is 0 Å². The number of esters is 1. The van der Waals surface area contributed by atoms with Crippen LogP contribution in [0.4, 0.5) is 0 Å². The maximum Gasteiger partial charge on any atom is 0.333 e. The van der Waals surface area contributed by atoms with Crippen LogP contribution in [0.5, 0.6) is 0 Å². The van der Waals surface area contributed by atoms with Crippen LogP contribution >= 0.6 is 0 Å². The average molecular weight is 366 g/mol. The molecular weight excluding hydrogens is 326 g/mol. The molecule has 1 aliphatic rings. The first-order valence-corrected chi connectivity index (χ1v) is 10.3. The van der Waals surface area contributed by atoms with Gasteiger partial charge in [-0.25, -0.2) is 4.79 Å². The molecule has 0 aromatic rings. The number of ether oxygens (including phenoxy) is 1. The molecule has 0 bridgehead atoms. The highest BCUT2D eigenvalue weighted by molar-refractivity contribution is 5.86. The van der Waals surface area contributed by atoms with Crippen LogP contribution in [0.25, 0.3) is 0 Å². The summed E-state index contributed by atoms with van der Waals surface area (Å²) in [6, 6.07) is 0. The highest BCUT2D eigenvalue weighted by Crippen LogP contribution is 2.10. The molecular formula is C22H39NO3. The fourth-order valence-corrected chi connectivity index (χ4v) is 2.74. The number of amides is 1. The quantitative estimate of drug-likeness (QED) is 0.236. The lowest BCUT2D eigenvalue weighted by atomic mass is 10.1. The van der Waals surface area contributed by atoms with Gasteiger partial charge >= 0.3 is 5.97 Å². The molecule has 0 aromatic heterocycles. The van der Waals surface area contributed by atoms with E-state index in [4.69, 9.17) is 4.74 Å². The van der Waals surface area contributed by atoms with Crippen molar-refractivity contribution < 1.29 is 14.3 Å². The third-order valence-corrected chi connectivity index (χ3v) is 4.41. The Morgan fingerprint density at radius 2 is 1.62 bits per heavy atom. The van der Waals surface area contributed by atoms with E-state index in [1.54, 1.807) is 18.0 Å². The van der Waals surface area contributed by atoms with Crippen LogP contribution in [-0.4, -0.2) is 29.9 Å². The predicted octanol–water partition coefficient (Wildman–Crippen LogP) is 5.78. The molecule has 150 valence electrons. The third-order valence-electron chi connectivity index (χ3n) is 4.41. The van der Waals surface area contributed by atoms with Crippen LogP contribution in [0.15, 0.2) is 24.9 Å². The van der Waals surface area contributed by atoms with Gasteiger partial charge in [0, 0.05) is 18.5 Å². The summed E-state index contributed by atoms with van der Waals surface area (Å²) < 4.78 is 5.04. The van der Waals surface area contributed by atoms with Gasteiger partial charge in [-0.15, -0.1) is 0 Å². The maximum absolute atomic E-state index is 11.1. The van der Waals surface area contributed by atoms with Gasteiger partial charge in [-0.3, -0.25) is 4.79 Å². The second kappa shape index (κ2) is 16.9. The molecule has 0 N–H and O–H groups in total. The summed E-state index contributed by atoms with van der Waals surface area (Å²) in [6.07, 6.45) is 16.2. The summed E-state index contributed by atoms with van der Waals surface area (Å²) in [6.45, 7) is 12.4. The molecule has 4 heteroatoms. The van der Waals surface area contributed by atoms with Gasteiger partial charge in [-0.2, -0.15) is 0 Å². The lowest BCUT2D eigenvalue weighted by Gasteiger charge is -2.05. The molecule has 4 nitrogen and oxygen atoms in total. The normalized spacial score (nSPS) is 13.2. The first-order chi connectivity index (χ1) is 12.5. The number of hydrogen-bond acceptors (Lipinski definition) is 3. The van der Waals surface area contributed by atoms with Gasteiger partial charge in [-0.1, -0.05) is 77.9 Å². The first kappa shape index (κ1) is 24.4. The highest BCUT2D eigenvalue weighted by atomic mass is 16.5. The van der Waals surface area contributed by atoms with E-state index in [2.05, 4.69) is 20.1 Å². The fourth-order valence-electron chi connectivity index (χ4n) is 2.74. The lowest BCUT2D eigenvalue weighted by Crippen LogP contribution is -2.16. The SMILES string of the molecule is C=C(C)C(=O)OCCCCCCCCCCCC.C=CN1CCCC1=O. The molecule has 0 spiro atoms. The van der Waals surface area contributed by atoms with Crippen LogP contribution < -0.4 is 0 Å². The van der Waals surface area contributed by atoms with Crippen LogP contribution in [0.1, 0.15) is 90.9 Å². The molecule has 1 amide bonds. The maximum atomic E-state index is 11.1. The van der Waals surface area contributed by atoms with E-state index in [0.29, 0.717) is 18.6 Å². The minimum absolute atomic E-state index is 0.208. The molecule has 26 heavy (non-hydrogen) atoms. The topological polar surface area (TPSA) is 46.6 Å². The Bertz CT molecular complexity index is 418. The van der Waals surface area contributed by atoms with E-state index < -0.39 is 0 Å². The molecule has 1 aliphatic heterocycles. The highest BCUT2D eigenvalue weighted by Gasteiger charge is 2.16.